The molecule has 1 aliphatic heterocycles. The molecule has 0 spiro atoms. The molecule has 12 nitrogen and oxygen atoms in total. The summed E-state index contributed by atoms with van der Waals surface area (Å²) >= 11 is 0. The van der Waals surface area contributed by atoms with Crippen LogP contribution in [0.1, 0.15) is 23.7 Å². The Labute approximate surface area is 213 Å². The highest BCUT2D eigenvalue weighted by molar-refractivity contribution is 5.45. The van der Waals surface area contributed by atoms with Gasteiger partial charge < -0.3 is 59.8 Å². The van der Waals surface area contributed by atoms with E-state index in [1.807, 2.05) is 0 Å². The lowest BCUT2D eigenvalue weighted by Crippen LogP contribution is -2.60. The van der Waals surface area contributed by atoms with E-state index in [9.17, 15) is 35.7 Å². The van der Waals surface area contributed by atoms with E-state index in [0.29, 0.717) is 18.4 Å². The first-order chi connectivity index (χ1) is 17.7. The maximum Gasteiger partial charge on any atom is 0.229 e. The molecule has 3 rings (SSSR count). The van der Waals surface area contributed by atoms with Crippen molar-refractivity contribution in [2.24, 2.45) is 0 Å². The summed E-state index contributed by atoms with van der Waals surface area (Å²) in [5.74, 6) is 0.0592. The zero-order valence-electron chi connectivity index (χ0n) is 20.3. The second-order valence-corrected chi connectivity index (χ2v) is 8.64. The van der Waals surface area contributed by atoms with Crippen molar-refractivity contribution in [2.45, 2.75) is 55.8 Å². The third-order valence-corrected chi connectivity index (χ3v) is 6.08. The number of hydrogen-bond donors (Lipinski definition) is 8. The fourth-order valence-corrected chi connectivity index (χ4v) is 3.93. The topological polar surface area (TPSA) is 199 Å². The van der Waals surface area contributed by atoms with Crippen molar-refractivity contribution in [1.82, 2.24) is 0 Å². The van der Waals surface area contributed by atoms with Crippen LogP contribution in [0.4, 0.5) is 0 Å². The number of hydrogen-bond acceptors (Lipinski definition) is 12. The lowest BCUT2D eigenvalue weighted by molar-refractivity contribution is -0.277. The molecule has 0 saturated carbocycles. The summed E-state index contributed by atoms with van der Waals surface area (Å²) in [7, 11) is 1.35. The van der Waals surface area contributed by atoms with Gasteiger partial charge in [-0.15, -0.1) is 0 Å². The molecular formula is C25H34O12. The minimum absolute atomic E-state index is 0.0220. The normalized spacial score (nSPS) is 25.4. The lowest BCUT2D eigenvalue weighted by Gasteiger charge is -2.39. The molecule has 37 heavy (non-hydrogen) atoms. The Kier molecular flexibility index (Phi) is 10.3. The fraction of sp³-hybridized carbons (Fsp3) is 0.520. The molecule has 1 aliphatic rings. The molecule has 0 radical (unpaired) electrons. The zero-order valence-corrected chi connectivity index (χ0v) is 20.3. The van der Waals surface area contributed by atoms with Gasteiger partial charge in [0.05, 0.1) is 20.3 Å². The monoisotopic (exact) mass is 526 g/mol. The molecule has 0 aromatic heterocycles. The molecule has 0 bridgehead atoms. The Balaban J connectivity index is 1.89. The average molecular weight is 527 g/mol. The molecule has 8 N–H and O–H groups in total. The maximum absolute atomic E-state index is 10.9. The Morgan fingerprint density at radius 1 is 0.919 bits per heavy atom. The quantitative estimate of drug-likeness (QED) is 0.168. The van der Waals surface area contributed by atoms with Crippen LogP contribution in [0.3, 0.4) is 0 Å². The van der Waals surface area contributed by atoms with E-state index in [1.165, 1.54) is 31.4 Å². The third-order valence-electron chi connectivity index (χ3n) is 6.08. The van der Waals surface area contributed by atoms with Gasteiger partial charge in [-0.2, -0.15) is 0 Å². The van der Waals surface area contributed by atoms with Crippen LogP contribution in [0.25, 0.3) is 0 Å². The average Bonchev–Trinajstić information content (AvgIpc) is 2.91. The van der Waals surface area contributed by atoms with E-state index in [1.54, 1.807) is 12.1 Å². The third kappa shape index (κ3) is 6.80. The highest BCUT2D eigenvalue weighted by Crippen LogP contribution is 2.36. The summed E-state index contributed by atoms with van der Waals surface area (Å²) in [5, 5.41) is 79.8. The molecule has 2 aromatic carbocycles. The molecule has 2 aromatic rings. The van der Waals surface area contributed by atoms with Crippen LogP contribution in [0, 0.1) is 0 Å². The molecule has 1 heterocycles. The minimum Gasteiger partial charge on any atom is -0.504 e. The highest BCUT2D eigenvalue weighted by atomic mass is 16.7. The van der Waals surface area contributed by atoms with Crippen molar-refractivity contribution in [1.29, 1.82) is 0 Å². The van der Waals surface area contributed by atoms with Crippen LogP contribution in [0.2, 0.25) is 0 Å². The predicted octanol–water partition coefficient (Wildman–Crippen LogP) is -1.02. The van der Waals surface area contributed by atoms with Crippen molar-refractivity contribution in [3.63, 3.8) is 0 Å². The lowest BCUT2D eigenvalue weighted by atomic mass is 9.99. The fourth-order valence-electron chi connectivity index (χ4n) is 3.93. The van der Waals surface area contributed by atoms with E-state index in [4.69, 9.17) is 24.1 Å². The van der Waals surface area contributed by atoms with Gasteiger partial charge in [0.25, 0.3) is 0 Å². The van der Waals surface area contributed by atoms with Crippen molar-refractivity contribution in [2.75, 3.05) is 26.9 Å². The first-order valence-corrected chi connectivity index (χ1v) is 11.8. The molecule has 12 heteroatoms. The molecule has 0 amide bonds. The second-order valence-electron chi connectivity index (χ2n) is 8.64. The molecular weight excluding hydrogens is 492 g/mol. The van der Waals surface area contributed by atoms with Crippen LogP contribution in [-0.2, 0) is 11.2 Å². The van der Waals surface area contributed by atoms with Gasteiger partial charge in [0.2, 0.25) is 6.29 Å². The van der Waals surface area contributed by atoms with Gasteiger partial charge in [0.1, 0.15) is 30.5 Å². The van der Waals surface area contributed by atoms with Gasteiger partial charge in [0, 0.05) is 6.61 Å². The summed E-state index contributed by atoms with van der Waals surface area (Å²) in [6.07, 6.45) is -9.20. The number of aryl methyl sites for hydroxylation is 1. The number of methoxy groups -OCH3 is 1. The van der Waals surface area contributed by atoms with Gasteiger partial charge in [-0.05, 0) is 48.2 Å². The van der Waals surface area contributed by atoms with Gasteiger partial charge in [0.15, 0.2) is 29.1 Å². The van der Waals surface area contributed by atoms with Crippen LogP contribution in [0.15, 0.2) is 36.4 Å². The van der Waals surface area contributed by atoms with E-state index in [0.717, 1.165) is 5.56 Å². The Morgan fingerprint density at radius 3 is 2.32 bits per heavy atom. The second kappa shape index (κ2) is 13.2. The first-order valence-electron chi connectivity index (χ1n) is 11.8. The predicted molar refractivity (Wildman–Crippen MR) is 127 cm³/mol. The summed E-state index contributed by atoms with van der Waals surface area (Å²) in [5.41, 5.74) is 1.02. The standard InChI is InChI=1S/C25H34O12/c1-34-17-10-14(5-6-15(17)29)21(30)19(11-27)35-16-7-4-13(3-2-8-26)9-18(16)36-25-24(33)23(32)22(31)20(12-28)37-25/h4-7,9-10,19-33H,2-3,8,11-12H2,1H3/t19-,20+,21-,22+,23-,24+,25+/m0/s1. The number of aliphatic hydroxyl groups excluding tert-OH is 7. The minimum atomic E-state index is -1.67. The number of aliphatic hydroxyl groups is 7. The number of benzene rings is 2. The zero-order chi connectivity index (χ0) is 27.1. The van der Waals surface area contributed by atoms with E-state index < -0.39 is 56.1 Å². The van der Waals surface area contributed by atoms with Crippen LogP contribution in [-0.4, -0.2) is 105 Å². The maximum atomic E-state index is 10.9. The summed E-state index contributed by atoms with van der Waals surface area (Å²) in [6, 6.07) is 8.92. The number of aromatic hydroxyl groups is 1. The Hall–Kier alpha value is -2.68. The summed E-state index contributed by atoms with van der Waals surface area (Å²) < 4.78 is 22.2. The Morgan fingerprint density at radius 2 is 1.68 bits per heavy atom. The molecule has 7 atom stereocenters. The molecule has 0 unspecified atom stereocenters. The number of phenols is 1. The number of ether oxygens (including phenoxy) is 4. The van der Waals surface area contributed by atoms with Gasteiger partial charge in [-0.1, -0.05) is 12.1 Å². The molecule has 1 saturated heterocycles. The number of phenolic OH excluding ortho intramolecular Hbond substituents is 1. The highest BCUT2D eigenvalue weighted by Gasteiger charge is 2.45. The summed E-state index contributed by atoms with van der Waals surface area (Å²) in [6.45, 7) is -1.30. The molecule has 1 fully saturated rings. The summed E-state index contributed by atoms with van der Waals surface area (Å²) in [4.78, 5) is 0. The smallest absolute Gasteiger partial charge is 0.229 e. The Bertz CT molecular complexity index is 1000. The van der Waals surface area contributed by atoms with Crippen LogP contribution < -0.4 is 14.2 Å². The van der Waals surface area contributed by atoms with E-state index in [-0.39, 0.29) is 29.6 Å². The van der Waals surface area contributed by atoms with Crippen molar-refractivity contribution in [3.8, 4) is 23.0 Å². The number of rotatable bonds is 12. The van der Waals surface area contributed by atoms with Crippen molar-refractivity contribution in [3.05, 3.63) is 47.5 Å². The van der Waals surface area contributed by atoms with Crippen LogP contribution >= 0.6 is 0 Å². The first kappa shape index (κ1) is 28.9. The molecule has 0 aliphatic carbocycles. The van der Waals surface area contributed by atoms with Crippen molar-refractivity contribution >= 4 is 0 Å². The van der Waals surface area contributed by atoms with Crippen molar-refractivity contribution < 1.29 is 59.8 Å². The largest absolute Gasteiger partial charge is 0.504 e. The van der Waals surface area contributed by atoms with E-state index >= 15 is 0 Å². The van der Waals surface area contributed by atoms with Gasteiger partial charge in [-0.3, -0.25) is 0 Å². The molecule has 206 valence electrons. The van der Waals surface area contributed by atoms with E-state index in [2.05, 4.69) is 0 Å². The van der Waals surface area contributed by atoms with Crippen LogP contribution in [0.5, 0.6) is 23.0 Å². The van der Waals surface area contributed by atoms with Gasteiger partial charge >= 0.3 is 0 Å². The SMILES string of the molecule is COc1cc([C@H](O)[C@H](CO)Oc2ccc(CCCO)cc2O[C@@H]2O[C@H](CO)[C@@H](O)[C@H](O)[C@H]2O)ccc1O. The van der Waals surface area contributed by atoms with Gasteiger partial charge in [-0.25, -0.2) is 0 Å².